The SMILES string of the molecule is Cc1ccc(COC(C)C)c[n+]1O. The second-order valence-electron chi connectivity index (χ2n) is 3.38. The van der Waals surface area contributed by atoms with Crippen molar-refractivity contribution in [3.05, 3.63) is 29.6 Å². The van der Waals surface area contributed by atoms with Crippen molar-refractivity contribution in [3.8, 4) is 0 Å². The molecule has 1 rings (SSSR count). The number of pyridine rings is 1. The van der Waals surface area contributed by atoms with Gasteiger partial charge in [0, 0.05) is 23.3 Å². The largest absolute Gasteiger partial charge is 0.374 e. The molecule has 1 aromatic heterocycles. The van der Waals surface area contributed by atoms with E-state index in [0.29, 0.717) is 6.61 Å². The maximum atomic E-state index is 9.33. The molecule has 1 N–H and O–H groups in total. The second-order valence-corrected chi connectivity index (χ2v) is 3.38. The van der Waals surface area contributed by atoms with E-state index in [1.54, 1.807) is 6.20 Å². The van der Waals surface area contributed by atoms with E-state index in [4.69, 9.17) is 4.74 Å². The van der Waals surface area contributed by atoms with Crippen molar-refractivity contribution in [2.24, 2.45) is 0 Å². The minimum Gasteiger partial charge on any atom is -0.374 e. The fourth-order valence-corrected chi connectivity index (χ4v) is 0.954. The van der Waals surface area contributed by atoms with Gasteiger partial charge in [-0.3, -0.25) is 5.21 Å². The quantitative estimate of drug-likeness (QED) is 0.567. The van der Waals surface area contributed by atoms with Gasteiger partial charge in [-0.15, -0.1) is 0 Å². The highest BCUT2D eigenvalue weighted by Crippen LogP contribution is 2.01. The van der Waals surface area contributed by atoms with Gasteiger partial charge >= 0.3 is 0 Å². The summed E-state index contributed by atoms with van der Waals surface area (Å²) >= 11 is 0. The molecule has 0 fully saturated rings. The first-order valence-electron chi connectivity index (χ1n) is 4.41. The lowest BCUT2D eigenvalue weighted by Gasteiger charge is -2.05. The molecule has 13 heavy (non-hydrogen) atoms. The van der Waals surface area contributed by atoms with Gasteiger partial charge < -0.3 is 4.74 Å². The van der Waals surface area contributed by atoms with Gasteiger partial charge in [-0.1, -0.05) is 0 Å². The highest BCUT2D eigenvalue weighted by molar-refractivity contribution is 5.07. The molecular weight excluding hydrogens is 166 g/mol. The highest BCUT2D eigenvalue weighted by atomic mass is 16.5. The third-order valence-electron chi connectivity index (χ3n) is 1.77. The van der Waals surface area contributed by atoms with Gasteiger partial charge in [-0.25, -0.2) is 0 Å². The Morgan fingerprint density at radius 1 is 1.46 bits per heavy atom. The third-order valence-corrected chi connectivity index (χ3v) is 1.77. The van der Waals surface area contributed by atoms with Crippen molar-refractivity contribution < 1.29 is 14.7 Å². The van der Waals surface area contributed by atoms with Crippen LogP contribution in [0.3, 0.4) is 0 Å². The molecule has 0 spiro atoms. The minimum atomic E-state index is 0.216. The lowest BCUT2D eigenvalue weighted by atomic mass is 10.2. The van der Waals surface area contributed by atoms with Crippen LogP contribution < -0.4 is 4.73 Å². The number of rotatable bonds is 3. The van der Waals surface area contributed by atoms with Crippen LogP contribution in [0.4, 0.5) is 0 Å². The maximum Gasteiger partial charge on any atom is 0.231 e. The van der Waals surface area contributed by atoms with E-state index < -0.39 is 0 Å². The number of aryl methyl sites for hydroxylation is 1. The topological polar surface area (TPSA) is 33.3 Å². The van der Waals surface area contributed by atoms with Crippen molar-refractivity contribution in [2.75, 3.05) is 0 Å². The number of aromatic nitrogens is 1. The van der Waals surface area contributed by atoms with E-state index in [9.17, 15) is 5.21 Å². The van der Waals surface area contributed by atoms with E-state index in [-0.39, 0.29) is 6.10 Å². The molecule has 0 aromatic carbocycles. The molecule has 3 nitrogen and oxygen atoms in total. The Morgan fingerprint density at radius 2 is 2.15 bits per heavy atom. The fourth-order valence-electron chi connectivity index (χ4n) is 0.954. The zero-order valence-corrected chi connectivity index (χ0v) is 8.32. The highest BCUT2D eigenvalue weighted by Gasteiger charge is 2.06. The summed E-state index contributed by atoms with van der Waals surface area (Å²) in [7, 11) is 0. The predicted octanol–water partition coefficient (Wildman–Crippen LogP) is 1.44. The van der Waals surface area contributed by atoms with E-state index in [0.717, 1.165) is 16.0 Å². The molecule has 0 aliphatic heterocycles. The van der Waals surface area contributed by atoms with Crippen molar-refractivity contribution in [3.63, 3.8) is 0 Å². The van der Waals surface area contributed by atoms with Gasteiger partial charge in [0.2, 0.25) is 11.9 Å². The summed E-state index contributed by atoms with van der Waals surface area (Å²) < 4.78 is 6.51. The summed E-state index contributed by atoms with van der Waals surface area (Å²) in [5, 5.41) is 9.33. The average Bonchev–Trinajstić information content (AvgIpc) is 2.07. The van der Waals surface area contributed by atoms with E-state index >= 15 is 0 Å². The molecule has 1 heterocycles. The monoisotopic (exact) mass is 182 g/mol. The number of hydrogen-bond donors (Lipinski definition) is 1. The van der Waals surface area contributed by atoms with Crippen LogP contribution in [0.2, 0.25) is 0 Å². The smallest absolute Gasteiger partial charge is 0.231 e. The zero-order chi connectivity index (χ0) is 9.84. The first kappa shape index (κ1) is 9.99. The molecule has 0 saturated heterocycles. The molecule has 0 bridgehead atoms. The summed E-state index contributed by atoms with van der Waals surface area (Å²) in [5.41, 5.74) is 1.79. The Morgan fingerprint density at radius 3 is 2.69 bits per heavy atom. The van der Waals surface area contributed by atoms with Gasteiger partial charge in [-0.2, -0.15) is 0 Å². The van der Waals surface area contributed by atoms with Gasteiger partial charge in [0.05, 0.1) is 12.7 Å². The Bertz CT molecular complexity index is 284. The van der Waals surface area contributed by atoms with Crippen LogP contribution in [0.1, 0.15) is 25.1 Å². The summed E-state index contributed by atoms with van der Waals surface area (Å²) in [5.74, 6) is 0. The van der Waals surface area contributed by atoms with Crippen molar-refractivity contribution in [2.45, 2.75) is 33.5 Å². The standard InChI is InChI=1S/C10H16NO2/c1-8(2)13-7-10-5-4-9(3)11(12)6-10/h4-6,8,12H,7H2,1-3H3/q+1. The number of ether oxygens (including phenoxy) is 1. The van der Waals surface area contributed by atoms with Crippen molar-refractivity contribution in [1.82, 2.24) is 0 Å². The van der Waals surface area contributed by atoms with Crippen LogP contribution in [0.15, 0.2) is 18.3 Å². The lowest BCUT2D eigenvalue weighted by molar-refractivity contribution is -0.909. The van der Waals surface area contributed by atoms with Crippen LogP contribution in [0.5, 0.6) is 0 Å². The molecule has 0 saturated carbocycles. The van der Waals surface area contributed by atoms with Gasteiger partial charge in [-0.05, 0) is 19.9 Å². The summed E-state index contributed by atoms with van der Waals surface area (Å²) in [6, 6.07) is 3.81. The van der Waals surface area contributed by atoms with Crippen LogP contribution in [0.25, 0.3) is 0 Å². The Kier molecular flexibility index (Phi) is 3.25. The molecule has 3 heteroatoms. The molecule has 1 aromatic rings. The molecule has 0 atom stereocenters. The van der Waals surface area contributed by atoms with Gasteiger partial charge in [0.1, 0.15) is 0 Å². The first-order valence-corrected chi connectivity index (χ1v) is 4.41. The summed E-state index contributed by atoms with van der Waals surface area (Å²) in [6.07, 6.45) is 1.88. The second kappa shape index (κ2) is 4.23. The van der Waals surface area contributed by atoms with Crippen LogP contribution >= 0.6 is 0 Å². The summed E-state index contributed by atoms with van der Waals surface area (Å²) in [6.45, 7) is 6.36. The number of nitrogens with zero attached hydrogens (tertiary/aromatic N) is 1. The predicted molar refractivity (Wildman–Crippen MR) is 48.5 cm³/mol. The van der Waals surface area contributed by atoms with Crippen LogP contribution in [-0.4, -0.2) is 11.3 Å². The van der Waals surface area contributed by atoms with E-state index in [2.05, 4.69) is 0 Å². The molecular formula is C10H16NO2+. The molecule has 0 unspecified atom stereocenters. The van der Waals surface area contributed by atoms with Crippen LogP contribution in [-0.2, 0) is 11.3 Å². The van der Waals surface area contributed by atoms with Crippen molar-refractivity contribution in [1.29, 1.82) is 0 Å². The fraction of sp³-hybridized carbons (Fsp3) is 0.500. The van der Waals surface area contributed by atoms with Gasteiger partial charge in [0.15, 0.2) is 0 Å². The van der Waals surface area contributed by atoms with E-state index in [1.165, 1.54) is 0 Å². The minimum absolute atomic E-state index is 0.216. The zero-order valence-electron chi connectivity index (χ0n) is 8.32. The van der Waals surface area contributed by atoms with Crippen molar-refractivity contribution >= 4 is 0 Å². The Balaban J connectivity index is 2.63. The summed E-state index contributed by atoms with van der Waals surface area (Å²) in [4.78, 5) is 0. The maximum absolute atomic E-state index is 9.33. The molecule has 0 radical (unpaired) electrons. The Hall–Kier alpha value is -1.09. The molecule has 0 amide bonds. The Labute approximate surface area is 78.5 Å². The molecule has 72 valence electrons. The lowest BCUT2D eigenvalue weighted by Crippen LogP contribution is -2.33. The average molecular weight is 182 g/mol. The first-order chi connectivity index (χ1) is 6.09. The van der Waals surface area contributed by atoms with E-state index in [1.807, 2.05) is 32.9 Å². The molecule has 0 aliphatic rings. The number of hydrogen-bond acceptors (Lipinski definition) is 2. The third kappa shape index (κ3) is 3.03. The molecule has 0 aliphatic carbocycles. The normalized spacial score (nSPS) is 10.8. The van der Waals surface area contributed by atoms with Crippen LogP contribution in [0, 0.1) is 6.92 Å². The van der Waals surface area contributed by atoms with Gasteiger partial charge in [0.25, 0.3) is 0 Å².